The van der Waals surface area contributed by atoms with E-state index in [1.807, 2.05) is 18.7 Å². The number of rotatable bonds is 8. The van der Waals surface area contributed by atoms with E-state index < -0.39 is 0 Å². The highest BCUT2D eigenvalue weighted by molar-refractivity contribution is 5.79. The molecule has 20 heavy (non-hydrogen) atoms. The van der Waals surface area contributed by atoms with Crippen molar-refractivity contribution in [3.63, 3.8) is 0 Å². The summed E-state index contributed by atoms with van der Waals surface area (Å²) in [6, 6.07) is -0.0925. The highest BCUT2D eigenvalue weighted by atomic mass is 16.5. The van der Waals surface area contributed by atoms with Crippen LogP contribution in [-0.2, 0) is 9.53 Å². The van der Waals surface area contributed by atoms with Crippen LogP contribution >= 0.6 is 0 Å². The zero-order chi connectivity index (χ0) is 15.1. The summed E-state index contributed by atoms with van der Waals surface area (Å²) in [5.41, 5.74) is 5.80. The van der Waals surface area contributed by atoms with Crippen molar-refractivity contribution >= 4 is 5.91 Å². The van der Waals surface area contributed by atoms with Crippen LogP contribution < -0.4 is 5.73 Å². The van der Waals surface area contributed by atoms with Crippen LogP contribution in [0.5, 0.6) is 0 Å². The first kappa shape index (κ1) is 17.4. The molecule has 118 valence electrons. The molecule has 0 aliphatic carbocycles. The topological polar surface area (TPSA) is 58.8 Å². The monoisotopic (exact) mass is 285 g/mol. The number of ether oxygens (including phenoxy) is 1. The molecule has 2 N–H and O–H groups in total. The molecule has 1 aliphatic heterocycles. The Bertz CT molecular complexity index is 293. The number of hydrogen-bond donors (Lipinski definition) is 1. The highest BCUT2D eigenvalue weighted by Crippen LogP contribution is 2.16. The van der Waals surface area contributed by atoms with Crippen molar-refractivity contribution in [2.24, 2.45) is 11.7 Å². The van der Waals surface area contributed by atoms with Crippen LogP contribution in [0.4, 0.5) is 0 Å². The molecule has 3 atom stereocenters. The predicted molar refractivity (Wildman–Crippen MR) is 81.5 cm³/mol. The van der Waals surface area contributed by atoms with Crippen molar-refractivity contribution in [1.82, 2.24) is 9.80 Å². The smallest absolute Gasteiger partial charge is 0.227 e. The average Bonchev–Trinajstić information content (AvgIpc) is 2.90. The second kappa shape index (κ2) is 8.60. The zero-order valence-electron chi connectivity index (χ0n) is 13.5. The fourth-order valence-corrected chi connectivity index (χ4v) is 2.47. The van der Waals surface area contributed by atoms with E-state index in [4.69, 9.17) is 10.5 Å². The molecule has 0 bridgehead atoms. The number of hydrogen-bond acceptors (Lipinski definition) is 4. The molecule has 1 saturated heterocycles. The standard InChI is InChI=1S/C15H31N3O2/c1-5-17(6-2)9-10-20-14-7-8-18(11-14)15(19)12(3)13(4)16/h12-14H,5-11,16H2,1-4H3. The van der Waals surface area contributed by atoms with Gasteiger partial charge in [-0.2, -0.15) is 0 Å². The van der Waals surface area contributed by atoms with E-state index in [0.29, 0.717) is 6.54 Å². The molecule has 1 aliphatic rings. The van der Waals surface area contributed by atoms with Crippen LogP contribution in [0.2, 0.25) is 0 Å². The van der Waals surface area contributed by atoms with Gasteiger partial charge < -0.3 is 20.3 Å². The van der Waals surface area contributed by atoms with Gasteiger partial charge in [-0.15, -0.1) is 0 Å². The van der Waals surface area contributed by atoms with E-state index in [2.05, 4.69) is 18.7 Å². The molecule has 5 nitrogen and oxygen atoms in total. The van der Waals surface area contributed by atoms with Gasteiger partial charge >= 0.3 is 0 Å². The van der Waals surface area contributed by atoms with Gasteiger partial charge in [-0.1, -0.05) is 20.8 Å². The van der Waals surface area contributed by atoms with Gasteiger partial charge in [0.25, 0.3) is 0 Å². The summed E-state index contributed by atoms with van der Waals surface area (Å²) in [5, 5.41) is 0. The molecule has 5 heteroatoms. The predicted octanol–water partition coefficient (Wildman–Crippen LogP) is 0.929. The third-order valence-electron chi connectivity index (χ3n) is 4.29. The van der Waals surface area contributed by atoms with Gasteiger partial charge in [-0.05, 0) is 26.4 Å². The van der Waals surface area contributed by atoms with Gasteiger partial charge in [0.2, 0.25) is 5.91 Å². The summed E-state index contributed by atoms with van der Waals surface area (Å²) in [5.74, 6) is 0.0549. The molecule has 1 amide bonds. The molecule has 1 heterocycles. The number of likely N-dealkylation sites (tertiary alicyclic amines) is 1. The van der Waals surface area contributed by atoms with Crippen LogP contribution in [0.15, 0.2) is 0 Å². The second-order valence-electron chi connectivity index (χ2n) is 5.74. The maximum absolute atomic E-state index is 12.2. The van der Waals surface area contributed by atoms with Crippen molar-refractivity contribution in [2.75, 3.05) is 39.3 Å². The first-order valence-electron chi connectivity index (χ1n) is 7.87. The summed E-state index contributed by atoms with van der Waals surface area (Å²) in [6.07, 6.45) is 1.13. The molecular formula is C15H31N3O2. The molecule has 0 aromatic heterocycles. The molecule has 0 radical (unpaired) electrons. The van der Waals surface area contributed by atoms with Crippen LogP contribution in [0.25, 0.3) is 0 Å². The lowest BCUT2D eigenvalue weighted by Gasteiger charge is -2.23. The van der Waals surface area contributed by atoms with Crippen LogP contribution in [0, 0.1) is 5.92 Å². The Labute approximate surface area is 123 Å². The minimum atomic E-state index is -0.107. The van der Waals surface area contributed by atoms with Crippen molar-refractivity contribution in [2.45, 2.75) is 46.3 Å². The largest absolute Gasteiger partial charge is 0.375 e. The Hall–Kier alpha value is -0.650. The fraction of sp³-hybridized carbons (Fsp3) is 0.933. The maximum atomic E-state index is 12.2. The van der Waals surface area contributed by atoms with E-state index in [9.17, 15) is 4.79 Å². The molecule has 3 unspecified atom stereocenters. The number of likely N-dealkylation sites (N-methyl/N-ethyl adjacent to an activating group) is 1. The van der Waals surface area contributed by atoms with Gasteiger partial charge in [0.15, 0.2) is 0 Å². The Balaban J connectivity index is 2.28. The minimum absolute atomic E-state index is 0.0925. The van der Waals surface area contributed by atoms with Gasteiger partial charge in [0.05, 0.1) is 18.6 Å². The zero-order valence-corrected chi connectivity index (χ0v) is 13.5. The minimum Gasteiger partial charge on any atom is -0.375 e. The molecular weight excluding hydrogens is 254 g/mol. The molecule has 0 saturated carbocycles. The third kappa shape index (κ3) is 5.04. The number of amides is 1. The Morgan fingerprint density at radius 1 is 1.40 bits per heavy atom. The van der Waals surface area contributed by atoms with Crippen molar-refractivity contribution < 1.29 is 9.53 Å². The summed E-state index contributed by atoms with van der Waals surface area (Å²) in [7, 11) is 0. The number of nitrogens with two attached hydrogens (primary N) is 1. The summed E-state index contributed by atoms with van der Waals surface area (Å²) >= 11 is 0. The molecule has 0 aromatic rings. The van der Waals surface area contributed by atoms with E-state index in [1.165, 1.54) is 0 Å². The second-order valence-corrected chi connectivity index (χ2v) is 5.74. The lowest BCUT2D eigenvalue weighted by Crippen LogP contribution is -2.41. The van der Waals surface area contributed by atoms with Crippen molar-refractivity contribution in [3.8, 4) is 0 Å². The van der Waals surface area contributed by atoms with Crippen molar-refractivity contribution in [3.05, 3.63) is 0 Å². The fourth-order valence-electron chi connectivity index (χ4n) is 2.47. The summed E-state index contributed by atoms with van der Waals surface area (Å²) in [4.78, 5) is 16.4. The Kier molecular flexibility index (Phi) is 7.48. The third-order valence-corrected chi connectivity index (χ3v) is 4.29. The van der Waals surface area contributed by atoms with Gasteiger partial charge in [-0.25, -0.2) is 0 Å². The molecule has 1 rings (SSSR count). The summed E-state index contributed by atoms with van der Waals surface area (Å²) in [6.45, 7) is 13.5. The van der Waals surface area contributed by atoms with Crippen LogP contribution in [0.3, 0.4) is 0 Å². The van der Waals surface area contributed by atoms with E-state index in [-0.39, 0.29) is 24.0 Å². The maximum Gasteiger partial charge on any atom is 0.227 e. The quantitative estimate of drug-likeness (QED) is 0.721. The SMILES string of the molecule is CCN(CC)CCOC1CCN(C(=O)C(C)C(C)N)C1. The Morgan fingerprint density at radius 3 is 2.60 bits per heavy atom. The number of nitrogens with zero attached hydrogens (tertiary/aromatic N) is 2. The highest BCUT2D eigenvalue weighted by Gasteiger charge is 2.30. The van der Waals surface area contributed by atoms with E-state index >= 15 is 0 Å². The van der Waals surface area contributed by atoms with E-state index in [0.717, 1.165) is 39.2 Å². The van der Waals surface area contributed by atoms with Gasteiger partial charge in [0, 0.05) is 25.7 Å². The molecule has 0 spiro atoms. The number of carbonyl (C=O) groups excluding carboxylic acids is 1. The lowest BCUT2D eigenvalue weighted by molar-refractivity contribution is -0.134. The average molecular weight is 285 g/mol. The van der Waals surface area contributed by atoms with Gasteiger partial charge in [0.1, 0.15) is 0 Å². The normalized spacial score (nSPS) is 22.3. The number of carbonyl (C=O) groups is 1. The first-order valence-corrected chi connectivity index (χ1v) is 7.87. The first-order chi connectivity index (χ1) is 9.49. The van der Waals surface area contributed by atoms with Crippen LogP contribution in [-0.4, -0.2) is 67.2 Å². The van der Waals surface area contributed by atoms with Crippen LogP contribution in [0.1, 0.15) is 34.1 Å². The Morgan fingerprint density at radius 2 is 2.05 bits per heavy atom. The molecule has 1 fully saturated rings. The lowest BCUT2D eigenvalue weighted by atomic mass is 10.0. The van der Waals surface area contributed by atoms with E-state index in [1.54, 1.807) is 0 Å². The van der Waals surface area contributed by atoms with Gasteiger partial charge in [-0.3, -0.25) is 4.79 Å². The summed E-state index contributed by atoms with van der Waals surface area (Å²) < 4.78 is 5.89. The molecule has 0 aromatic carbocycles. The van der Waals surface area contributed by atoms with Crippen molar-refractivity contribution in [1.29, 1.82) is 0 Å².